The lowest BCUT2D eigenvalue weighted by atomic mass is 10.1. The van der Waals surface area contributed by atoms with E-state index in [2.05, 4.69) is 20.6 Å². The Bertz CT molecular complexity index is 999. The average molecular weight is 347 g/mol. The number of aromatic nitrogens is 1. The minimum absolute atomic E-state index is 0.0100. The second kappa shape index (κ2) is 7.43. The third kappa shape index (κ3) is 3.84. The number of hydrogen-bond donors (Lipinski definition) is 3. The van der Waals surface area contributed by atoms with Crippen LogP contribution in [0.5, 0.6) is 0 Å². The van der Waals surface area contributed by atoms with Crippen molar-refractivity contribution in [2.75, 3.05) is 5.32 Å². The Morgan fingerprint density at radius 2 is 1.81 bits per heavy atom. The summed E-state index contributed by atoms with van der Waals surface area (Å²) in [5.41, 5.74) is 7.91. The fourth-order valence-electron chi connectivity index (χ4n) is 2.52. The molecule has 0 spiro atoms. The van der Waals surface area contributed by atoms with E-state index < -0.39 is 5.91 Å². The van der Waals surface area contributed by atoms with Crippen LogP contribution in [0.25, 0.3) is 10.9 Å². The van der Waals surface area contributed by atoms with E-state index in [1.807, 2.05) is 18.2 Å². The van der Waals surface area contributed by atoms with Gasteiger partial charge in [-0.2, -0.15) is 0 Å². The van der Waals surface area contributed by atoms with E-state index in [1.54, 1.807) is 36.4 Å². The van der Waals surface area contributed by atoms with Crippen molar-refractivity contribution in [2.45, 2.75) is 6.92 Å². The van der Waals surface area contributed by atoms with E-state index in [0.717, 1.165) is 0 Å². The van der Waals surface area contributed by atoms with Gasteiger partial charge in [0, 0.05) is 18.5 Å². The monoisotopic (exact) mass is 347 g/mol. The van der Waals surface area contributed by atoms with Gasteiger partial charge in [-0.3, -0.25) is 19.9 Å². The Morgan fingerprint density at radius 1 is 1.04 bits per heavy atom. The minimum atomic E-state index is -0.408. The van der Waals surface area contributed by atoms with Gasteiger partial charge in [0.2, 0.25) is 11.9 Å². The number of benzene rings is 2. The fourth-order valence-corrected chi connectivity index (χ4v) is 2.52. The molecule has 0 fully saturated rings. The van der Waals surface area contributed by atoms with Crippen molar-refractivity contribution >= 4 is 40.1 Å². The average Bonchev–Trinajstić information content (AvgIpc) is 2.61. The first-order chi connectivity index (χ1) is 12.5. The standard InChI is InChI=1S/C19H17N5O2/c1-12(25)22-16-9-5-8-14-15(10-11-21-17(14)16)18(26)24-19(20)23-13-6-3-2-4-7-13/h2-11H,1H3,(H,22,25)(H3,20,23,24,26). The molecule has 0 saturated heterocycles. The van der Waals surface area contributed by atoms with E-state index in [9.17, 15) is 9.59 Å². The smallest absolute Gasteiger partial charge is 0.258 e. The number of aliphatic imine (C=N–C) groups is 1. The van der Waals surface area contributed by atoms with Gasteiger partial charge in [0.05, 0.1) is 22.5 Å². The molecule has 26 heavy (non-hydrogen) atoms. The van der Waals surface area contributed by atoms with Crippen LogP contribution in [0.1, 0.15) is 17.3 Å². The van der Waals surface area contributed by atoms with E-state index in [-0.39, 0.29) is 11.9 Å². The highest BCUT2D eigenvalue weighted by Crippen LogP contribution is 2.24. The van der Waals surface area contributed by atoms with Crippen molar-refractivity contribution in [1.82, 2.24) is 10.3 Å². The molecule has 0 bridgehead atoms. The van der Waals surface area contributed by atoms with Gasteiger partial charge < -0.3 is 11.1 Å². The normalized spacial score (nSPS) is 11.2. The van der Waals surface area contributed by atoms with Crippen LogP contribution in [0.15, 0.2) is 65.8 Å². The van der Waals surface area contributed by atoms with Gasteiger partial charge in [-0.15, -0.1) is 0 Å². The maximum atomic E-state index is 12.6. The number of amides is 2. The quantitative estimate of drug-likeness (QED) is 0.499. The third-order valence-corrected chi connectivity index (χ3v) is 3.57. The number of pyridine rings is 1. The Morgan fingerprint density at radius 3 is 2.54 bits per heavy atom. The number of guanidine groups is 1. The molecule has 3 rings (SSSR count). The van der Waals surface area contributed by atoms with Gasteiger partial charge in [-0.05, 0) is 24.3 Å². The van der Waals surface area contributed by atoms with Gasteiger partial charge in [-0.25, -0.2) is 4.99 Å². The Balaban J connectivity index is 1.91. The second-order valence-corrected chi connectivity index (χ2v) is 5.53. The summed E-state index contributed by atoms with van der Waals surface area (Å²) in [6.07, 6.45) is 1.51. The van der Waals surface area contributed by atoms with Crippen molar-refractivity contribution in [1.29, 1.82) is 0 Å². The third-order valence-electron chi connectivity index (χ3n) is 3.57. The first-order valence-corrected chi connectivity index (χ1v) is 7.90. The number of nitrogens with two attached hydrogens (primary N) is 1. The fraction of sp³-hybridized carbons (Fsp3) is 0.0526. The lowest BCUT2D eigenvalue weighted by Gasteiger charge is -2.10. The van der Waals surface area contributed by atoms with E-state index >= 15 is 0 Å². The lowest BCUT2D eigenvalue weighted by Crippen LogP contribution is -2.36. The predicted molar refractivity (Wildman–Crippen MR) is 101 cm³/mol. The number of para-hydroxylation sites is 2. The highest BCUT2D eigenvalue weighted by Gasteiger charge is 2.14. The van der Waals surface area contributed by atoms with Gasteiger partial charge in [0.25, 0.3) is 5.91 Å². The summed E-state index contributed by atoms with van der Waals surface area (Å²) in [7, 11) is 0. The Hall–Kier alpha value is -3.74. The van der Waals surface area contributed by atoms with E-state index in [0.29, 0.717) is 27.8 Å². The summed E-state index contributed by atoms with van der Waals surface area (Å²) >= 11 is 0. The summed E-state index contributed by atoms with van der Waals surface area (Å²) in [5, 5.41) is 5.88. The molecule has 7 nitrogen and oxygen atoms in total. The number of carbonyl (C=O) groups excluding carboxylic acids is 2. The molecule has 3 aromatic rings. The number of nitrogens with zero attached hydrogens (tertiary/aromatic N) is 2. The maximum Gasteiger partial charge on any atom is 0.258 e. The molecule has 1 aromatic heterocycles. The lowest BCUT2D eigenvalue weighted by molar-refractivity contribution is -0.114. The SMILES string of the molecule is CC(=O)Nc1cccc2c(C(=O)NC(N)=Nc3ccccc3)ccnc12. The van der Waals surface area contributed by atoms with Crippen molar-refractivity contribution in [3.63, 3.8) is 0 Å². The van der Waals surface area contributed by atoms with Crippen LogP contribution in [0.3, 0.4) is 0 Å². The highest BCUT2D eigenvalue weighted by atomic mass is 16.2. The van der Waals surface area contributed by atoms with Crippen molar-refractivity contribution in [3.05, 3.63) is 66.4 Å². The number of rotatable bonds is 3. The first-order valence-electron chi connectivity index (χ1n) is 7.90. The molecule has 2 aromatic carbocycles. The van der Waals surface area contributed by atoms with Gasteiger partial charge >= 0.3 is 0 Å². The highest BCUT2D eigenvalue weighted by molar-refractivity contribution is 6.14. The molecule has 4 N–H and O–H groups in total. The maximum absolute atomic E-state index is 12.6. The minimum Gasteiger partial charge on any atom is -0.369 e. The number of anilines is 1. The van der Waals surface area contributed by atoms with Crippen LogP contribution >= 0.6 is 0 Å². The van der Waals surface area contributed by atoms with Gasteiger partial charge in [0.1, 0.15) is 0 Å². The Labute approximate surface area is 150 Å². The Kier molecular flexibility index (Phi) is 4.89. The number of hydrogen-bond acceptors (Lipinski definition) is 4. The molecule has 0 saturated carbocycles. The molecule has 0 unspecified atom stereocenters. The molecule has 7 heteroatoms. The predicted octanol–water partition coefficient (Wildman–Crippen LogP) is 2.57. The molecule has 0 radical (unpaired) electrons. The van der Waals surface area contributed by atoms with Crippen molar-refractivity contribution < 1.29 is 9.59 Å². The summed E-state index contributed by atoms with van der Waals surface area (Å²) in [5.74, 6) is -0.632. The zero-order valence-corrected chi connectivity index (χ0v) is 14.1. The van der Waals surface area contributed by atoms with Crippen molar-refractivity contribution in [3.8, 4) is 0 Å². The zero-order valence-electron chi connectivity index (χ0n) is 14.1. The van der Waals surface area contributed by atoms with Crippen LogP contribution < -0.4 is 16.4 Å². The molecular weight excluding hydrogens is 330 g/mol. The number of nitrogens with one attached hydrogen (secondary N) is 2. The molecule has 0 aliphatic carbocycles. The summed E-state index contributed by atoms with van der Waals surface area (Å²) in [4.78, 5) is 32.4. The number of fused-ring (bicyclic) bond motifs is 1. The van der Waals surface area contributed by atoms with Crippen LogP contribution in [0.2, 0.25) is 0 Å². The molecular formula is C19H17N5O2. The second-order valence-electron chi connectivity index (χ2n) is 5.53. The molecule has 2 amide bonds. The zero-order chi connectivity index (χ0) is 18.5. The first kappa shape index (κ1) is 17.1. The summed E-state index contributed by atoms with van der Waals surface area (Å²) in [6.45, 7) is 1.41. The molecule has 130 valence electrons. The van der Waals surface area contributed by atoms with Crippen LogP contribution in [-0.4, -0.2) is 22.8 Å². The summed E-state index contributed by atoms with van der Waals surface area (Å²) < 4.78 is 0. The topological polar surface area (TPSA) is 109 Å². The summed E-state index contributed by atoms with van der Waals surface area (Å²) in [6, 6.07) is 15.9. The van der Waals surface area contributed by atoms with Crippen LogP contribution in [0, 0.1) is 0 Å². The molecule has 0 atom stereocenters. The van der Waals surface area contributed by atoms with Gasteiger partial charge in [0.15, 0.2) is 0 Å². The van der Waals surface area contributed by atoms with Crippen molar-refractivity contribution in [2.24, 2.45) is 10.7 Å². The molecule has 0 aliphatic rings. The number of carbonyl (C=O) groups is 2. The van der Waals surface area contributed by atoms with Crippen LogP contribution in [0.4, 0.5) is 11.4 Å². The molecule has 1 heterocycles. The van der Waals surface area contributed by atoms with E-state index in [4.69, 9.17) is 5.73 Å². The van der Waals surface area contributed by atoms with Crippen LogP contribution in [-0.2, 0) is 4.79 Å². The van der Waals surface area contributed by atoms with Gasteiger partial charge in [-0.1, -0.05) is 30.3 Å². The largest absolute Gasteiger partial charge is 0.369 e. The molecule has 0 aliphatic heterocycles. The van der Waals surface area contributed by atoms with E-state index in [1.165, 1.54) is 13.1 Å².